The molecule has 5 nitrogen and oxygen atoms in total. The molecule has 5 heteroatoms. The van der Waals surface area contributed by atoms with Crippen LogP contribution in [0.15, 0.2) is 30.3 Å². The third-order valence-electron chi connectivity index (χ3n) is 1.78. The minimum atomic E-state index is -1.06. The summed E-state index contributed by atoms with van der Waals surface area (Å²) < 4.78 is 0. The van der Waals surface area contributed by atoms with Gasteiger partial charge in [-0.15, -0.1) is 5.48 Å². The van der Waals surface area contributed by atoms with Gasteiger partial charge in [-0.1, -0.05) is 18.2 Å². The SMILES string of the molecule is O=C(O)[C@H](CCO)NOc1ccccc1. The molecular weight excluding hydrogens is 198 g/mol. The van der Waals surface area contributed by atoms with E-state index in [-0.39, 0.29) is 13.0 Å². The quantitative estimate of drug-likeness (QED) is 0.594. The molecule has 0 spiro atoms. The molecule has 3 N–H and O–H groups in total. The van der Waals surface area contributed by atoms with Gasteiger partial charge in [0.05, 0.1) is 0 Å². The van der Waals surface area contributed by atoms with Crippen molar-refractivity contribution < 1.29 is 19.8 Å². The van der Waals surface area contributed by atoms with Crippen LogP contribution in [0.4, 0.5) is 0 Å². The van der Waals surface area contributed by atoms with Crippen LogP contribution in [0.3, 0.4) is 0 Å². The number of aliphatic carboxylic acids is 1. The molecular formula is C10H13NO4. The van der Waals surface area contributed by atoms with Gasteiger partial charge in [-0.2, -0.15) is 0 Å². The van der Waals surface area contributed by atoms with Crippen LogP contribution in [0.2, 0.25) is 0 Å². The number of hydrogen-bond donors (Lipinski definition) is 3. The van der Waals surface area contributed by atoms with Crippen LogP contribution < -0.4 is 10.3 Å². The Hall–Kier alpha value is -1.59. The van der Waals surface area contributed by atoms with E-state index in [4.69, 9.17) is 15.1 Å². The predicted octanol–water partition coefficient (Wildman–Crippen LogP) is 0.406. The smallest absolute Gasteiger partial charge is 0.324 e. The molecule has 1 aromatic rings. The molecule has 15 heavy (non-hydrogen) atoms. The molecule has 0 fully saturated rings. The van der Waals surface area contributed by atoms with Crippen molar-refractivity contribution in [1.29, 1.82) is 0 Å². The molecule has 0 aliphatic heterocycles. The first-order valence-electron chi connectivity index (χ1n) is 4.55. The summed E-state index contributed by atoms with van der Waals surface area (Å²) in [4.78, 5) is 15.7. The first kappa shape index (κ1) is 11.5. The van der Waals surface area contributed by atoms with Crippen LogP contribution in [0.25, 0.3) is 0 Å². The number of benzene rings is 1. The van der Waals surface area contributed by atoms with Crippen LogP contribution in [-0.2, 0) is 4.79 Å². The first-order valence-corrected chi connectivity index (χ1v) is 4.55. The van der Waals surface area contributed by atoms with Crippen molar-refractivity contribution in [3.05, 3.63) is 30.3 Å². The van der Waals surface area contributed by atoms with Gasteiger partial charge in [-0.25, -0.2) is 0 Å². The van der Waals surface area contributed by atoms with Crippen LogP contribution in [0.5, 0.6) is 5.75 Å². The largest absolute Gasteiger partial charge is 0.480 e. The number of hydroxylamine groups is 1. The van der Waals surface area contributed by atoms with Crippen molar-refractivity contribution in [2.75, 3.05) is 6.61 Å². The lowest BCUT2D eigenvalue weighted by Crippen LogP contribution is -2.39. The predicted molar refractivity (Wildman–Crippen MR) is 53.3 cm³/mol. The summed E-state index contributed by atoms with van der Waals surface area (Å²) in [5.74, 6) is -0.526. The molecule has 0 heterocycles. The maximum absolute atomic E-state index is 10.7. The zero-order valence-electron chi connectivity index (χ0n) is 8.09. The van der Waals surface area contributed by atoms with Gasteiger partial charge in [0.25, 0.3) is 0 Å². The summed E-state index contributed by atoms with van der Waals surface area (Å²) in [6.45, 7) is -0.206. The normalized spacial score (nSPS) is 12.1. The maximum Gasteiger partial charge on any atom is 0.324 e. The topological polar surface area (TPSA) is 78.8 Å². The Morgan fingerprint density at radius 2 is 2.07 bits per heavy atom. The molecule has 1 rings (SSSR count). The summed E-state index contributed by atoms with van der Waals surface area (Å²) in [7, 11) is 0. The van der Waals surface area contributed by atoms with Crippen molar-refractivity contribution in [3.63, 3.8) is 0 Å². The minimum Gasteiger partial charge on any atom is -0.480 e. The van der Waals surface area contributed by atoms with Gasteiger partial charge in [0.2, 0.25) is 0 Å². The van der Waals surface area contributed by atoms with Gasteiger partial charge < -0.3 is 15.1 Å². The Kier molecular flexibility index (Phi) is 4.59. The third kappa shape index (κ3) is 3.97. The van der Waals surface area contributed by atoms with Crippen molar-refractivity contribution >= 4 is 5.97 Å². The second-order valence-electron chi connectivity index (χ2n) is 2.94. The van der Waals surface area contributed by atoms with Crippen LogP contribution in [0.1, 0.15) is 6.42 Å². The molecule has 1 aromatic carbocycles. The molecule has 0 unspecified atom stereocenters. The van der Waals surface area contributed by atoms with E-state index in [9.17, 15) is 4.79 Å². The van der Waals surface area contributed by atoms with Gasteiger partial charge in [-0.3, -0.25) is 4.79 Å². The number of nitrogens with one attached hydrogen (secondary N) is 1. The highest BCUT2D eigenvalue weighted by Gasteiger charge is 2.16. The molecule has 0 bridgehead atoms. The van der Waals surface area contributed by atoms with Crippen LogP contribution >= 0.6 is 0 Å². The Bertz CT molecular complexity index is 302. The van der Waals surface area contributed by atoms with Gasteiger partial charge in [0.15, 0.2) is 0 Å². The molecule has 0 saturated heterocycles. The monoisotopic (exact) mass is 211 g/mol. The number of aliphatic hydroxyl groups excluding tert-OH is 1. The number of carbonyl (C=O) groups is 1. The standard InChI is InChI=1S/C10H13NO4/c12-7-6-9(10(13)14)11-15-8-4-2-1-3-5-8/h1-5,9,11-12H,6-7H2,(H,13,14)/t9-/m0/s1. The number of aliphatic hydroxyl groups is 1. The number of carboxylic acid groups (broad SMARTS) is 1. The van der Waals surface area contributed by atoms with E-state index in [1.807, 2.05) is 6.07 Å². The van der Waals surface area contributed by atoms with Crippen molar-refractivity contribution in [3.8, 4) is 5.75 Å². The summed E-state index contributed by atoms with van der Waals surface area (Å²) in [5, 5.41) is 17.4. The number of hydrogen-bond acceptors (Lipinski definition) is 4. The van der Waals surface area contributed by atoms with Gasteiger partial charge in [0.1, 0.15) is 11.8 Å². The lowest BCUT2D eigenvalue weighted by atomic mass is 10.2. The zero-order chi connectivity index (χ0) is 11.1. The molecule has 0 aliphatic rings. The molecule has 0 saturated carbocycles. The number of para-hydroxylation sites is 1. The first-order chi connectivity index (χ1) is 7.24. The van der Waals surface area contributed by atoms with Crippen molar-refractivity contribution in [2.24, 2.45) is 0 Å². The van der Waals surface area contributed by atoms with E-state index in [2.05, 4.69) is 5.48 Å². The van der Waals surface area contributed by atoms with E-state index in [0.29, 0.717) is 5.75 Å². The highest BCUT2D eigenvalue weighted by molar-refractivity contribution is 5.73. The highest BCUT2D eigenvalue weighted by Crippen LogP contribution is 2.07. The van der Waals surface area contributed by atoms with Gasteiger partial charge in [-0.05, 0) is 18.6 Å². The van der Waals surface area contributed by atoms with Crippen LogP contribution in [-0.4, -0.2) is 28.8 Å². The van der Waals surface area contributed by atoms with E-state index in [1.54, 1.807) is 24.3 Å². The lowest BCUT2D eigenvalue weighted by Gasteiger charge is -2.13. The Morgan fingerprint density at radius 1 is 1.40 bits per heavy atom. The summed E-state index contributed by atoms with van der Waals surface area (Å²) in [6.07, 6.45) is 0.0994. The van der Waals surface area contributed by atoms with E-state index < -0.39 is 12.0 Å². The zero-order valence-corrected chi connectivity index (χ0v) is 8.09. The molecule has 0 aliphatic carbocycles. The second kappa shape index (κ2) is 6.00. The summed E-state index contributed by atoms with van der Waals surface area (Å²) in [5.41, 5.74) is 2.38. The van der Waals surface area contributed by atoms with E-state index in [1.165, 1.54) is 0 Å². The molecule has 1 atom stereocenters. The molecule has 0 radical (unpaired) electrons. The van der Waals surface area contributed by atoms with Gasteiger partial charge >= 0.3 is 5.97 Å². The Labute approximate surface area is 87.3 Å². The van der Waals surface area contributed by atoms with Gasteiger partial charge in [0, 0.05) is 6.61 Å². The number of carboxylic acids is 1. The minimum absolute atomic E-state index is 0.0994. The van der Waals surface area contributed by atoms with Crippen molar-refractivity contribution in [2.45, 2.75) is 12.5 Å². The Morgan fingerprint density at radius 3 is 2.60 bits per heavy atom. The molecule has 82 valence electrons. The van der Waals surface area contributed by atoms with E-state index in [0.717, 1.165) is 0 Å². The molecule has 0 amide bonds. The summed E-state index contributed by atoms with van der Waals surface area (Å²) >= 11 is 0. The summed E-state index contributed by atoms with van der Waals surface area (Å²) in [6, 6.07) is 7.87. The molecule has 0 aromatic heterocycles. The second-order valence-corrected chi connectivity index (χ2v) is 2.94. The third-order valence-corrected chi connectivity index (χ3v) is 1.78. The maximum atomic E-state index is 10.7. The highest BCUT2D eigenvalue weighted by atomic mass is 16.6. The van der Waals surface area contributed by atoms with Crippen molar-refractivity contribution in [1.82, 2.24) is 5.48 Å². The van der Waals surface area contributed by atoms with E-state index >= 15 is 0 Å². The lowest BCUT2D eigenvalue weighted by molar-refractivity contribution is -0.142. The fourth-order valence-corrected chi connectivity index (χ4v) is 0.990. The fourth-order valence-electron chi connectivity index (χ4n) is 0.990. The fraction of sp³-hybridized carbons (Fsp3) is 0.300. The Balaban J connectivity index is 2.43. The van der Waals surface area contributed by atoms with Crippen LogP contribution in [0, 0.1) is 0 Å². The number of rotatable bonds is 6. The average molecular weight is 211 g/mol. The average Bonchev–Trinajstić information content (AvgIpc) is 2.25.